The van der Waals surface area contributed by atoms with Crippen molar-refractivity contribution in [2.75, 3.05) is 0 Å². The standard InChI is InChI=1S/C36H51O4P/c1-10-25-34(4,5)28-19-13-16-22-31(28)38-41(37,39-32-23-17-14-20-29(32)35(6,7)26-11-2)40-33-24-18-15-21-30(33)36(8,9)27-12-3/h13-24H,10-12,25-27H2,1-9H3. The molecule has 224 valence electrons. The molecule has 4 nitrogen and oxygen atoms in total. The zero-order chi connectivity index (χ0) is 30.3. The van der Waals surface area contributed by atoms with Gasteiger partial charge in [0.2, 0.25) is 0 Å². The van der Waals surface area contributed by atoms with E-state index in [0.717, 1.165) is 55.2 Å². The first-order valence-corrected chi connectivity index (χ1v) is 16.7. The van der Waals surface area contributed by atoms with Crippen LogP contribution in [0.4, 0.5) is 0 Å². The summed E-state index contributed by atoms with van der Waals surface area (Å²) >= 11 is 0. The van der Waals surface area contributed by atoms with Gasteiger partial charge in [0.15, 0.2) is 0 Å². The van der Waals surface area contributed by atoms with Gasteiger partial charge in [0.05, 0.1) is 0 Å². The SMILES string of the molecule is CCCC(C)(C)c1ccccc1OP(=O)(Oc1ccccc1C(C)(C)CCC)Oc1ccccc1C(C)(C)CCC. The van der Waals surface area contributed by atoms with Gasteiger partial charge < -0.3 is 13.6 Å². The molecule has 0 atom stereocenters. The molecular weight excluding hydrogens is 527 g/mol. The van der Waals surface area contributed by atoms with Crippen LogP contribution in [0.3, 0.4) is 0 Å². The van der Waals surface area contributed by atoms with Gasteiger partial charge in [0, 0.05) is 16.7 Å². The fourth-order valence-corrected chi connectivity index (χ4v) is 7.32. The predicted octanol–water partition coefficient (Wildman–Crippen LogP) is 11.6. The summed E-state index contributed by atoms with van der Waals surface area (Å²) in [5, 5.41) is 0. The first-order chi connectivity index (χ1) is 19.3. The summed E-state index contributed by atoms with van der Waals surface area (Å²) in [5.74, 6) is 1.56. The summed E-state index contributed by atoms with van der Waals surface area (Å²) in [6.45, 7) is 19.7. The molecule has 3 rings (SSSR count). The maximum absolute atomic E-state index is 15.0. The highest BCUT2D eigenvalue weighted by Crippen LogP contribution is 2.54. The van der Waals surface area contributed by atoms with Crippen molar-refractivity contribution in [1.82, 2.24) is 0 Å². The van der Waals surface area contributed by atoms with E-state index in [1.54, 1.807) is 0 Å². The van der Waals surface area contributed by atoms with E-state index in [1.807, 2.05) is 72.8 Å². The van der Waals surface area contributed by atoms with Crippen LogP contribution >= 0.6 is 7.82 Å². The van der Waals surface area contributed by atoms with Crippen molar-refractivity contribution >= 4 is 7.82 Å². The van der Waals surface area contributed by atoms with Gasteiger partial charge in [0.25, 0.3) is 0 Å². The Morgan fingerprint density at radius 1 is 0.488 bits per heavy atom. The van der Waals surface area contributed by atoms with Gasteiger partial charge in [0.1, 0.15) is 17.2 Å². The average Bonchev–Trinajstić information content (AvgIpc) is 2.89. The Morgan fingerprint density at radius 3 is 0.976 bits per heavy atom. The van der Waals surface area contributed by atoms with Crippen molar-refractivity contribution in [3.63, 3.8) is 0 Å². The van der Waals surface area contributed by atoms with E-state index >= 15 is 0 Å². The summed E-state index contributed by atoms with van der Waals surface area (Å²) in [6, 6.07) is 23.4. The molecule has 41 heavy (non-hydrogen) atoms. The van der Waals surface area contributed by atoms with Crippen molar-refractivity contribution in [3.8, 4) is 17.2 Å². The summed E-state index contributed by atoms with van der Waals surface area (Å²) < 4.78 is 34.3. The van der Waals surface area contributed by atoms with E-state index in [-0.39, 0.29) is 16.2 Å². The van der Waals surface area contributed by atoms with Gasteiger partial charge >= 0.3 is 7.82 Å². The average molecular weight is 579 g/mol. The van der Waals surface area contributed by atoms with Crippen LogP contribution in [-0.4, -0.2) is 0 Å². The lowest BCUT2D eigenvalue weighted by atomic mass is 9.80. The van der Waals surface area contributed by atoms with Crippen molar-refractivity contribution < 1.29 is 18.1 Å². The lowest BCUT2D eigenvalue weighted by Gasteiger charge is -2.31. The Bertz CT molecular complexity index is 1160. The molecule has 5 heteroatoms. The normalized spacial score (nSPS) is 12.7. The Morgan fingerprint density at radius 2 is 0.732 bits per heavy atom. The molecule has 0 saturated heterocycles. The fourth-order valence-electron chi connectivity index (χ4n) is 6.01. The highest BCUT2D eigenvalue weighted by molar-refractivity contribution is 7.49. The minimum Gasteiger partial charge on any atom is -0.386 e. The molecule has 0 heterocycles. The van der Waals surface area contributed by atoms with Crippen molar-refractivity contribution in [2.45, 2.75) is 117 Å². The molecule has 0 aliphatic heterocycles. The molecule has 3 aromatic rings. The largest absolute Gasteiger partial charge is 0.647 e. The minimum absolute atomic E-state index is 0.182. The second-order valence-corrected chi connectivity index (χ2v) is 14.6. The summed E-state index contributed by atoms with van der Waals surface area (Å²) in [5.41, 5.74) is 2.39. The van der Waals surface area contributed by atoms with Crippen molar-refractivity contribution in [2.24, 2.45) is 0 Å². The molecule has 0 amide bonds. The van der Waals surface area contributed by atoms with Crippen LogP contribution in [0.5, 0.6) is 17.2 Å². The van der Waals surface area contributed by atoms with Crippen LogP contribution in [0.2, 0.25) is 0 Å². The molecule has 0 aliphatic rings. The van der Waals surface area contributed by atoms with Crippen molar-refractivity contribution in [1.29, 1.82) is 0 Å². The number of para-hydroxylation sites is 3. The maximum Gasteiger partial charge on any atom is 0.647 e. The molecule has 0 spiro atoms. The molecular formula is C36H51O4P. The quantitative estimate of drug-likeness (QED) is 0.168. The molecule has 0 aliphatic carbocycles. The van der Waals surface area contributed by atoms with Crippen LogP contribution in [0, 0.1) is 0 Å². The molecule has 0 unspecified atom stereocenters. The van der Waals surface area contributed by atoms with Crippen LogP contribution < -0.4 is 13.6 Å². The lowest BCUT2D eigenvalue weighted by Crippen LogP contribution is -2.21. The van der Waals surface area contributed by atoms with Crippen molar-refractivity contribution in [3.05, 3.63) is 89.5 Å². The molecule has 0 N–H and O–H groups in total. The number of benzene rings is 3. The van der Waals surface area contributed by atoms with E-state index in [4.69, 9.17) is 13.6 Å². The van der Waals surface area contributed by atoms with Gasteiger partial charge in [-0.05, 0) is 53.7 Å². The van der Waals surface area contributed by atoms with Gasteiger partial charge in [-0.15, -0.1) is 0 Å². The van der Waals surface area contributed by atoms with Gasteiger partial charge in [-0.2, -0.15) is 4.57 Å². The third kappa shape index (κ3) is 8.19. The van der Waals surface area contributed by atoms with E-state index in [1.165, 1.54) is 0 Å². The van der Waals surface area contributed by atoms with Gasteiger partial charge in [-0.1, -0.05) is 136 Å². The molecule has 0 aromatic heterocycles. The number of phosphoric ester groups is 1. The first-order valence-electron chi connectivity index (χ1n) is 15.3. The second-order valence-electron chi connectivity index (χ2n) is 13.1. The van der Waals surface area contributed by atoms with E-state index in [0.29, 0.717) is 17.2 Å². The smallest absolute Gasteiger partial charge is 0.386 e. The Kier molecular flexibility index (Phi) is 10.8. The van der Waals surface area contributed by atoms with E-state index < -0.39 is 7.82 Å². The second kappa shape index (κ2) is 13.5. The summed E-state index contributed by atoms with van der Waals surface area (Å²) in [6.07, 6.45) is 5.94. The molecule has 0 radical (unpaired) electrons. The maximum atomic E-state index is 15.0. The highest BCUT2D eigenvalue weighted by atomic mass is 31.2. The molecule has 0 fully saturated rings. The first kappa shape index (κ1) is 32.8. The number of rotatable bonds is 15. The Labute approximate surface area is 249 Å². The van der Waals surface area contributed by atoms with Crippen LogP contribution in [0.15, 0.2) is 72.8 Å². The number of phosphoric acid groups is 1. The van der Waals surface area contributed by atoms with Crippen LogP contribution in [0.1, 0.15) is 118 Å². The molecule has 3 aromatic carbocycles. The number of hydrogen-bond acceptors (Lipinski definition) is 4. The van der Waals surface area contributed by atoms with E-state index in [2.05, 4.69) is 62.3 Å². The monoisotopic (exact) mass is 578 g/mol. The highest BCUT2D eigenvalue weighted by Gasteiger charge is 2.39. The summed E-state index contributed by atoms with van der Waals surface area (Å²) in [7, 11) is -4.23. The number of hydrogen-bond donors (Lipinski definition) is 0. The third-order valence-corrected chi connectivity index (χ3v) is 9.36. The fraction of sp³-hybridized carbons (Fsp3) is 0.500. The topological polar surface area (TPSA) is 44.8 Å². The predicted molar refractivity (Wildman–Crippen MR) is 173 cm³/mol. The Balaban J connectivity index is 2.17. The summed E-state index contributed by atoms with van der Waals surface area (Å²) in [4.78, 5) is 0. The third-order valence-electron chi connectivity index (χ3n) is 8.10. The van der Waals surface area contributed by atoms with Crippen LogP contribution in [0.25, 0.3) is 0 Å². The zero-order valence-electron chi connectivity index (χ0n) is 26.8. The lowest BCUT2D eigenvalue weighted by molar-refractivity contribution is 0.288. The minimum atomic E-state index is -4.23. The molecule has 0 saturated carbocycles. The van der Waals surface area contributed by atoms with Gasteiger partial charge in [-0.3, -0.25) is 0 Å². The zero-order valence-corrected chi connectivity index (χ0v) is 27.6. The Hall–Kier alpha value is -2.71. The molecule has 0 bridgehead atoms. The van der Waals surface area contributed by atoms with Gasteiger partial charge in [-0.25, -0.2) is 0 Å². The van der Waals surface area contributed by atoms with E-state index in [9.17, 15) is 4.57 Å². The van der Waals surface area contributed by atoms with Crippen LogP contribution in [-0.2, 0) is 20.8 Å².